The number of carbonyl (C=O) groups excluding carboxylic acids is 1. The second-order valence-electron chi connectivity index (χ2n) is 2.96. The van der Waals surface area contributed by atoms with Crippen LogP contribution < -0.4 is 5.43 Å². The summed E-state index contributed by atoms with van der Waals surface area (Å²) in [6.07, 6.45) is 6.63. The zero-order valence-corrected chi connectivity index (χ0v) is 8.77. The van der Waals surface area contributed by atoms with Crippen molar-refractivity contribution in [1.82, 2.24) is 10.4 Å². The van der Waals surface area contributed by atoms with Crippen molar-refractivity contribution in [1.29, 1.82) is 0 Å². The van der Waals surface area contributed by atoms with Gasteiger partial charge in [0.2, 0.25) is 0 Å². The van der Waals surface area contributed by atoms with Crippen LogP contribution in [-0.2, 0) is 4.79 Å². The Bertz CT molecular complexity index is 382. The highest BCUT2D eigenvalue weighted by Crippen LogP contribution is 1.92. The normalized spacial score (nSPS) is 11.7. The lowest BCUT2D eigenvalue weighted by molar-refractivity contribution is -0.117. The molecular weight excluding hydrogens is 190 g/mol. The second kappa shape index (κ2) is 5.70. The Morgan fingerprint density at radius 2 is 2.40 bits per heavy atom. The molecule has 0 aliphatic heterocycles. The number of aromatic nitrogens is 1. The molecule has 78 valence electrons. The van der Waals surface area contributed by atoms with Crippen molar-refractivity contribution in [2.75, 3.05) is 0 Å². The molecule has 0 fully saturated rings. The quantitative estimate of drug-likeness (QED) is 0.460. The third-order valence-corrected chi connectivity index (χ3v) is 1.86. The number of hydrogen-bond acceptors (Lipinski definition) is 3. The minimum atomic E-state index is -0.197. The Balaban J connectivity index is 2.51. The highest BCUT2D eigenvalue weighted by Gasteiger charge is 1.98. The van der Waals surface area contributed by atoms with E-state index in [9.17, 15) is 4.79 Å². The summed E-state index contributed by atoms with van der Waals surface area (Å²) in [5.74, 6) is -0.197. The van der Waals surface area contributed by atoms with E-state index < -0.39 is 0 Å². The molecule has 0 unspecified atom stereocenters. The molecule has 1 aromatic rings. The molecule has 0 bridgehead atoms. The molecule has 0 saturated heterocycles. The van der Waals surface area contributed by atoms with Crippen LogP contribution in [0, 0.1) is 0 Å². The van der Waals surface area contributed by atoms with Crippen molar-refractivity contribution in [3.05, 3.63) is 41.7 Å². The van der Waals surface area contributed by atoms with Gasteiger partial charge in [-0.3, -0.25) is 9.78 Å². The van der Waals surface area contributed by atoms with Crippen LogP contribution in [-0.4, -0.2) is 17.1 Å². The lowest BCUT2D eigenvalue weighted by Crippen LogP contribution is -2.18. The van der Waals surface area contributed by atoms with Crippen molar-refractivity contribution in [3.8, 4) is 0 Å². The minimum absolute atomic E-state index is 0.197. The smallest absolute Gasteiger partial charge is 0.266 e. The SMILES string of the molecule is C/C=C(\C)C(=O)N/N=C/c1cccnc1. The standard InChI is InChI=1S/C11H13N3O/c1-3-9(2)11(15)14-13-8-10-5-4-6-12-7-10/h3-8H,1-2H3,(H,14,15)/b9-3+,13-8+. The highest BCUT2D eigenvalue weighted by atomic mass is 16.2. The third kappa shape index (κ3) is 3.72. The zero-order valence-electron chi connectivity index (χ0n) is 8.77. The van der Waals surface area contributed by atoms with Crippen LogP contribution in [0.5, 0.6) is 0 Å². The fourth-order valence-corrected chi connectivity index (χ4v) is 0.837. The van der Waals surface area contributed by atoms with Crippen LogP contribution in [0.3, 0.4) is 0 Å². The molecule has 0 radical (unpaired) electrons. The predicted molar refractivity (Wildman–Crippen MR) is 59.4 cm³/mol. The molecule has 0 aromatic carbocycles. The first-order valence-electron chi connectivity index (χ1n) is 4.60. The van der Waals surface area contributed by atoms with Crippen LogP contribution in [0.15, 0.2) is 41.3 Å². The van der Waals surface area contributed by atoms with Crippen LogP contribution in [0.25, 0.3) is 0 Å². The maximum Gasteiger partial charge on any atom is 0.266 e. The number of nitrogens with zero attached hydrogens (tertiary/aromatic N) is 2. The Morgan fingerprint density at radius 3 is 3.00 bits per heavy atom. The minimum Gasteiger partial charge on any atom is -0.268 e. The highest BCUT2D eigenvalue weighted by molar-refractivity contribution is 5.93. The summed E-state index contributed by atoms with van der Waals surface area (Å²) in [5.41, 5.74) is 3.90. The summed E-state index contributed by atoms with van der Waals surface area (Å²) in [7, 11) is 0. The first kappa shape index (κ1) is 11.1. The summed E-state index contributed by atoms with van der Waals surface area (Å²) >= 11 is 0. The van der Waals surface area contributed by atoms with Gasteiger partial charge in [-0.15, -0.1) is 0 Å². The second-order valence-corrected chi connectivity index (χ2v) is 2.96. The van der Waals surface area contributed by atoms with Gasteiger partial charge < -0.3 is 0 Å². The monoisotopic (exact) mass is 203 g/mol. The van der Waals surface area contributed by atoms with Gasteiger partial charge in [0, 0.05) is 23.5 Å². The van der Waals surface area contributed by atoms with Gasteiger partial charge in [-0.25, -0.2) is 5.43 Å². The van der Waals surface area contributed by atoms with Crippen LogP contribution in [0.4, 0.5) is 0 Å². The van der Waals surface area contributed by atoms with E-state index >= 15 is 0 Å². The molecule has 1 amide bonds. The predicted octanol–water partition coefficient (Wildman–Crippen LogP) is 1.50. The number of pyridine rings is 1. The average Bonchev–Trinajstić information content (AvgIpc) is 2.29. The van der Waals surface area contributed by atoms with E-state index in [4.69, 9.17) is 0 Å². The topological polar surface area (TPSA) is 54.4 Å². The van der Waals surface area contributed by atoms with Gasteiger partial charge in [-0.2, -0.15) is 5.10 Å². The fourth-order valence-electron chi connectivity index (χ4n) is 0.837. The summed E-state index contributed by atoms with van der Waals surface area (Å²) < 4.78 is 0. The van der Waals surface area contributed by atoms with Crippen molar-refractivity contribution in [2.45, 2.75) is 13.8 Å². The molecule has 1 N–H and O–H groups in total. The van der Waals surface area contributed by atoms with Crippen molar-refractivity contribution in [2.24, 2.45) is 5.10 Å². The summed E-state index contributed by atoms with van der Waals surface area (Å²) in [6.45, 7) is 3.54. The van der Waals surface area contributed by atoms with Crippen molar-refractivity contribution < 1.29 is 4.79 Å². The average molecular weight is 203 g/mol. The molecule has 1 rings (SSSR count). The molecule has 1 heterocycles. The molecule has 0 aliphatic carbocycles. The first-order chi connectivity index (χ1) is 7.24. The van der Waals surface area contributed by atoms with Crippen LogP contribution in [0.2, 0.25) is 0 Å². The van der Waals surface area contributed by atoms with Crippen molar-refractivity contribution in [3.63, 3.8) is 0 Å². The molecule has 4 nitrogen and oxygen atoms in total. The zero-order chi connectivity index (χ0) is 11.1. The molecular formula is C11H13N3O. The van der Waals surface area contributed by atoms with E-state index in [1.54, 1.807) is 44.6 Å². The summed E-state index contributed by atoms with van der Waals surface area (Å²) in [5, 5.41) is 3.81. The Morgan fingerprint density at radius 1 is 1.60 bits per heavy atom. The lowest BCUT2D eigenvalue weighted by Gasteiger charge is -1.97. The van der Waals surface area contributed by atoms with Crippen LogP contribution in [0.1, 0.15) is 19.4 Å². The maximum atomic E-state index is 11.3. The van der Waals surface area contributed by atoms with Gasteiger partial charge in [-0.05, 0) is 19.9 Å². The Hall–Kier alpha value is -1.97. The van der Waals surface area contributed by atoms with Gasteiger partial charge >= 0.3 is 0 Å². The number of carbonyl (C=O) groups is 1. The maximum absolute atomic E-state index is 11.3. The van der Waals surface area contributed by atoms with Gasteiger partial charge in [0.1, 0.15) is 0 Å². The van der Waals surface area contributed by atoms with Crippen molar-refractivity contribution >= 4 is 12.1 Å². The van der Waals surface area contributed by atoms with Crippen LogP contribution >= 0.6 is 0 Å². The largest absolute Gasteiger partial charge is 0.268 e. The summed E-state index contributed by atoms with van der Waals surface area (Å²) in [6, 6.07) is 3.66. The number of rotatable bonds is 3. The molecule has 1 aromatic heterocycles. The van der Waals surface area contributed by atoms with E-state index in [0.717, 1.165) is 5.56 Å². The summed E-state index contributed by atoms with van der Waals surface area (Å²) in [4.78, 5) is 15.2. The van der Waals surface area contributed by atoms with Gasteiger partial charge in [0.05, 0.1) is 6.21 Å². The molecule has 0 atom stereocenters. The van der Waals surface area contributed by atoms with E-state index in [1.165, 1.54) is 0 Å². The molecule has 0 aliphatic rings. The van der Waals surface area contributed by atoms with E-state index in [1.807, 2.05) is 6.07 Å². The first-order valence-corrected chi connectivity index (χ1v) is 4.60. The number of hydrogen-bond donors (Lipinski definition) is 1. The number of amides is 1. The molecule has 4 heteroatoms. The van der Waals surface area contributed by atoms with Gasteiger partial charge in [-0.1, -0.05) is 12.1 Å². The molecule has 0 saturated carbocycles. The van der Waals surface area contributed by atoms with E-state index in [2.05, 4.69) is 15.5 Å². The number of nitrogens with one attached hydrogen (secondary N) is 1. The molecule has 15 heavy (non-hydrogen) atoms. The van der Waals surface area contributed by atoms with Gasteiger partial charge in [0.25, 0.3) is 5.91 Å². The fraction of sp³-hybridized carbons (Fsp3) is 0.182. The van der Waals surface area contributed by atoms with Gasteiger partial charge in [0.15, 0.2) is 0 Å². The lowest BCUT2D eigenvalue weighted by atomic mass is 10.3. The Labute approximate surface area is 88.7 Å². The van der Waals surface area contributed by atoms with E-state index in [-0.39, 0.29) is 5.91 Å². The molecule has 0 spiro atoms. The third-order valence-electron chi connectivity index (χ3n) is 1.86. The Kier molecular flexibility index (Phi) is 4.22. The number of allylic oxidation sites excluding steroid dienone is 1. The number of hydrazone groups is 1. The van der Waals surface area contributed by atoms with E-state index in [0.29, 0.717) is 5.57 Å².